The molecule has 0 saturated heterocycles. The first kappa shape index (κ1) is 23.7. The number of benzene rings is 3. The number of amides is 2. The Bertz CT molecular complexity index is 1390. The highest BCUT2D eigenvalue weighted by Gasteiger charge is 2.30. The minimum absolute atomic E-state index is 0.0945. The van der Waals surface area contributed by atoms with Gasteiger partial charge in [-0.1, -0.05) is 23.7 Å². The zero-order valence-corrected chi connectivity index (χ0v) is 20.1. The highest BCUT2D eigenvalue weighted by Crippen LogP contribution is 2.30. The summed E-state index contributed by atoms with van der Waals surface area (Å²) in [5.41, 5.74) is 4.27. The van der Waals surface area contributed by atoms with Crippen LogP contribution in [0, 0.1) is 11.7 Å². The number of carbonyl (C=O) groups excluding carboxylic acids is 2. The third kappa shape index (κ3) is 5.13. The number of nitrogens with one attached hydrogen (secondary N) is 3. The quantitative estimate of drug-likeness (QED) is 0.456. The molecule has 0 fully saturated rings. The average molecular weight is 504 g/mol. The third-order valence-electron chi connectivity index (χ3n) is 6.16. The van der Waals surface area contributed by atoms with Gasteiger partial charge in [0.1, 0.15) is 5.82 Å². The van der Waals surface area contributed by atoms with E-state index in [1.54, 1.807) is 48.5 Å². The van der Waals surface area contributed by atoms with E-state index < -0.39 is 0 Å². The van der Waals surface area contributed by atoms with Gasteiger partial charge in [-0.2, -0.15) is 0 Å². The smallest absolute Gasteiger partial charge is 0.251 e. The van der Waals surface area contributed by atoms with E-state index in [0.717, 1.165) is 22.5 Å². The Balaban J connectivity index is 1.28. The lowest BCUT2D eigenvalue weighted by Crippen LogP contribution is -2.28. The molecule has 0 aliphatic carbocycles. The van der Waals surface area contributed by atoms with Crippen LogP contribution >= 0.6 is 11.6 Å². The topological polar surface area (TPSA) is 95.0 Å². The van der Waals surface area contributed by atoms with Crippen molar-refractivity contribution in [2.75, 3.05) is 17.2 Å². The molecule has 36 heavy (non-hydrogen) atoms. The summed E-state index contributed by atoms with van der Waals surface area (Å²) in [7, 11) is 0. The number of anilines is 2. The van der Waals surface area contributed by atoms with Crippen LogP contribution in [0.3, 0.4) is 0 Å². The Labute approximate surface area is 212 Å². The summed E-state index contributed by atoms with van der Waals surface area (Å²) < 4.78 is 13.1. The molecule has 0 radical (unpaired) electrons. The Hall–Kier alpha value is -4.04. The van der Waals surface area contributed by atoms with Gasteiger partial charge < -0.3 is 16.0 Å². The fourth-order valence-corrected chi connectivity index (χ4v) is 4.42. The first-order chi connectivity index (χ1) is 17.4. The van der Waals surface area contributed by atoms with E-state index in [2.05, 4.69) is 20.9 Å². The van der Waals surface area contributed by atoms with Gasteiger partial charge in [-0.05, 0) is 67.1 Å². The highest BCUT2D eigenvalue weighted by molar-refractivity contribution is 6.31. The second-order valence-corrected chi connectivity index (χ2v) is 9.19. The monoisotopic (exact) mass is 503 g/mol. The van der Waals surface area contributed by atoms with Gasteiger partial charge in [0.15, 0.2) is 0 Å². The number of hydrogen-bond acceptors (Lipinski definition) is 5. The van der Waals surface area contributed by atoms with Gasteiger partial charge in [0, 0.05) is 34.2 Å². The molecular formula is C27H23ClFN5O2. The molecule has 5 rings (SSSR count). The number of nitrogens with zero attached hydrogens (tertiary/aromatic N) is 2. The van der Waals surface area contributed by atoms with E-state index in [0.29, 0.717) is 35.2 Å². The molecule has 0 aromatic heterocycles. The molecular weight excluding hydrogens is 481 g/mol. The lowest BCUT2D eigenvalue weighted by Gasteiger charge is -2.20. The zero-order valence-electron chi connectivity index (χ0n) is 19.4. The molecule has 2 unspecified atom stereocenters. The number of halogens is 2. The van der Waals surface area contributed by atoms with Crippen molar-refractivity contribution in [3.8, 4) is 0 Å². The summed E-state index contributed by atoms with van der Waals surface area (Å²) in [5.74, 6) is -0.336. The number of fused-ring (bicyclic) bond motifs is 3. The van der Waals surface area contributed by atoms with Crippen LogP contribution in [-0.2, 0) is 4.79 Å². The Morgan fingerprint density at radius 3 is 2.61 bits per heavy atom. The second kappa shape index (κ2) is 9.91. The van der Waals surface area contributed by atoms with E-state index in [-0.39, 0.29) is 29.6 Å². The van der Waals surface area contributed by atoms with E-state index in [9.17, 15) is 14.0 Å². The van der Waals surface area contributed by atoms with Crippen molar-refractivity contribution in [3.63, 3.8) is 0 Å². The molecule has 2 heterocycles. The van der Waals surface area contributed by atoms with Crippen molar-refractivity contribution in [1.82, 2.24) is 5.32 Å². The standard InChI is InChI=1S/C27H23ClFN5O2/c1-15(16-2-7-20(29)8-3-16)31-26(36)17-4-9-21(10-5-17)32-27-30-14-18-12-24(35)33-23-13-19(28)6-11-22(23)25(18)34-27/h2-11,13,15,18H,12,14H2,1H3,(H,30,32)(H,31,36)(H,33,35). The summed E-state index contributed by atoms with van der Waals surface area (Å²) in [6, 6.07) is 18.1. The summed E-state index contributed by atoms with van der Waals surface area (Å²) in [6.45, 7) is 2.27. The fourth-order valence-electron chi connectivity index (χ4n) is 4.25. The third-order valence-corrected chi connectivity index (χ3v) is 6.39. The molecule has 3 aromatic rings. The number of aliphatic imine (C=N–C) groups is 2. The first-order valence-corrected chi connectivity index (χ1v) is 11.9. The van der Waals surface area contributed by atoms with E-state index in [1.165, 1.54) is 12.1 Å². The van der Waals surface area contributed by atoms with Crippen LogP contribution in [0.5, 0.6) is 0 Å². The van der Waals surface area contributed by atoms with Crippen molar-refractivity contribution in [1.29, 1.82) is 0 Å². The Kier molecular flexibility index (Phi) is 6.52. The molecule has 2 aliphatic heterocycles. The number of hydrogen-bond donors (Lipinski definition) is 3. The van der Waals surface area contributed by atoms with Crippen LogP contribution in [0.2, 0.25) is 5.02 Å². The minimum Gasteiger partial charge on any atom is -0.346 e. The first-order valence-electron chi connectivity index (χ1n) is 11.5. The van der Waals surface area contributed by atoms with Crippen LogP contribution in [0.1, 0.15) is 40.9 Å². The van der Waals surface area contributed by atoms with E-state index in [4.69, 9.17) is 16.6 Å². The van der Waals surface area contributed by atoms with Crippen LogP contribution in [0.15, 0.2) is 76.7 Å². The average Bonchev–Trinajstić information content (AvgIpc) is 2.99. The van der Waals surface area contributed by atoms with Crippen LogP contribution in [-0.4, -0.2) is 30.0 Å². The van der Waals surface area contributed by atoms with Crippen LogP contribution in [0.4, 0.5) is 15.8 Å². The highest BCUT2D eigenvalue weighted by atomic mass is 35.5. The molecule has 2 amide bonds. The van der Waals surface area contributed by atoms with Gasteiger partial charge in [-0.25, -0.2) is 9.38 Å². The summed E-state index contributed by atoms with van der Waals surface area (Å²) in [4.78, 5) is 34.2. The summed E-state index contributed by atoms with van der Waals surface area (Å²) >= 11 is 6.12. The van der Waals surface area contributed by atoms with Crippen molar-refractivity contribution in [2.45, 2.75) is 19.4 Å². The number of guanidine groups is 1. The summed E-state index contributed by atoms with van der Waals surface area (Å²) in [5, 5.41) is 9.54. The molecule has 0 bridgehead atoms. The minimum atomic E-state index is -0.318. The molecule has 9 heteroatoms. The number of rotatable bonds is 4. The van der Waals surface area contributed by atoms with Gasteiger partial charge in [-0.3, -0.25) is 14.6 Å². The van der Waals surface area contributed by atoms with Crippen LogP contribution < -0.4 is 16.0 Å². The van der Waals surface area contributed by atoms with Crippen molar-refractivity contribution in [3.05, 3.63) is 94.3 Å². The maximum atomic E-state index is 13.1. The molecule has 0 saturated carbocycles. The van der Waals surface area contributed by atoms with Crippen molar-refractivity contribution in [2.24, 2.45) is 15.9 Å². The Morgan fingerprint density at radius 1 is 1.11 bits per heavy atom. The van der Waals surface area contributed by atoms with Gasteiger partial charge in [0.25, 0.3) is 5.91 Å². The van der Waals surface area contributed by atoms with Gasteiger partial charge >= 0.3 is 0 Å². The van der Waals surface area contributed by atoms with Crippen molar-refractivity contribution >= 4 is 46.5 Å². The fraction of sp³-hybridized carbons (Fsp3) is 0.185. The molecule has 0 spiro atoms. The molecule has 7 nitrogen and oxygen atoms in total. The lowest BCUT2D eigenvalue weighted by atomic mass is 9.93. The zero-order chi connectivity index (χ0) is 25.2. The maximum Gasteiger partial charge on any atom is 0.251 e. The predicted molar refractivity (Wildman–Crippen MR) is 139 cm³/mol. The van der Waals surface area contributed by atoms with E-state index >= 15 is 0 Å². The van der Waals surface area contributed by atoms with Crippen LogP contribution in [0.25, 0.3) is 0 Å². The number of carbonyl (C=O) groups is 2. The molecule has 182 valence electrons. The molecule has 3 aromatic carbocycles. The van der Waals surface area contributed by atoms with Gasteiger partial charge in [0.05, 0.1) is 24.0 Å². The van der Waals surface area contributed by atoms with Gasteiger partial charge in [0.2, 0.25) is 11.9 Å². The van der Waals surface area contributed by atoms with Gasteiger partial charge in [-0.15, -0.1) is 0 Å². The second-order valence-electron chi connectivity index (χ2n) is 8.75. The van der Waals surface area contributed by atoms with Crippen molar-refractivity contribution < 1.29 is 14.0 Å². The largest absolute Gasteiger partial charge is 0.346 e. The molecule has 2 aliphatic rings. The maximum absolute atomic E-state index is 13.1. The normalized spacial score (nSPS) is 17.4. The predicted octanol–water partition coefficient (Wildman–Crippen LogP) is 5.20. The molecule has 3 N–H and O–H groups in total. The molecule has 2 atom stereocenters. The lowest BCUT2D eigenvalue weighted by molar-refractivity contribution is -0.116. The summed E-state index contributed by atoms with van der Waals surface area (Å²) in [6.07, 6.45) is 0.294. The SMILES string of the molecule is CC(NC(=O)c1ccc(NC2=NCC3CC(=O)Nc4cc(Cl)ccc4C3=N2)cc1)c1ccc(F)cc1. The Morgan fingerprint density at radius 2 is 1.86 bits per heavy atom. The van der Waals surface area contributed by atoms with E-state index in [1.807, 2.05) is 13.0 Å².